The smallest absolute Gasteiger partial charge is 0.222 e. The van der Waals surface area contributed by atoms with Crippen molar-refractivity contribution in [3.63, 3.8) is 0 Å². The predicted octanol–water partition coefficient (Wildman–Crippen LogP) is 0.483. The van der Waals surface area contributed by atoms with Gasteiger partial charge in [0, 0.05) is 13.7 Å². The molecule has 0 aliphatic carbocycles. The summed E-state index contributed by atoms with van der Waals surface area (Å²) in [5.41, 5.74) is 5.48. The van der Waals surface area contributed by atoms with Crippen LogP contribution in [-0.2, 0) is 11.8 Å². The van der Waals surface area contributed by atoms with Crippen LogP contribution in [0, 0.1) is 0 Å². The molecule has 1 heterocycles. The highest BCUT2D eigenvalue weighted by molar-refractivity contribution is 7.99. The van der Waals surface area contributed by atoms with E-state index < -0.39 is 0 Å². The van der Waals surface area contributed by atoms with Crippen LogP contribution in [0.4, 0.5) is 5.95 Å². The summed E-state index contributed by atoms with van der Waals surface area (Å²) in [6.45, 7) is 2.66. The Balaban J connectivity index is 2.46. The molecule has 0 aliphatic heterocycles. The van der Waals surface area contributed by atoms with E-state index in [1.54, 1.807) is 4.57 Å². The van der Waals surface area contributed by atoms with E-state index in [0.29, 0.717) is 18.5 Å². The molecule has 0 atom stereocenters. The molecule has 0 amide bonds. The van der Waals surface area contributed by atoms with Crippen molar-refractivity contribution < 1.29 is 4.74 Å². The van der Waals surface area contributed by atoms with Crippen molar-refractivity contribution in [3.05, 3.63) is 0 Å². The number of hydrogen-bond donors (Lipinski definition) is 1. The first-order valence-corrected chi connectivity index (χ1v) is 4.59. The van der Waals surface area contributed by atoms with Crippen molar-refractivity contribution in [2.75, 3.05) is 18.3 Å². The van der Waals surface area contributed by atoms with Gasteiger partial charge >= 0.3 is 0 Å². The Kier molecular flexibility index (Phi) is 3.36. The first kappa shape index (κ1) is 9.34. The highest BCUT2D eigenvalue weighted by Crippen LogP contribution is 2.15. The summed E-state index contributed by atoms with van der Waals surface area (Å²) in [6.07, 6.45) is 0. The molecule has 1 rings (SSSR count). The summed E-state index contributed by atoms with van der Waals surface area (Å²) >= 11 is 1.48. The van der Waals surface area contributed by atoms with Gasteiger partial charge in [-0.3, -0.25) is 4.57 Å². The van der Waals surface area contributed by atoms with Crippen LogP contribution in [0.15, 0.2) is 5.16 Å². The van der Waals surface area contributed by atoms with Gasteiger partial charge in [0.25, 0.3) is 0 Å². The first-order chi connectivity index (χ1) is 5.75. The number of aromatic nitrogens is 3. The lowest BCUT2D eigenvalue weighted by Crippen LogP contribution is -1.98. The molecule has 12 heavy (non-hydrogen) atoms. The maximum atomic E-state index is 5.48. The molecule has 0 bridgehead atoms. The normalized spacial score (nSPS) is 10.5. The summed E-state index contributed by atoms with van der Waals surface area (Å²) in [4.78, 5) is 0. The van der Waals surface area contributed by atoms with Gasteiger partial charge in [0.1, 0.15) is 0 Å². The van der Waals surface area contributed by atoms with E-state index in [-0.39, 0.29) is 0 Å². The van der Waals surface area contributed by atoms with Crippen molar-refractivity contribution in [3.8, 4) is 0 Å². The van der Waals surface area contributed by atoms with Gasteiger partial charge in [0.2, 0.25) is 5.95 Å². The number of nitrogens with two attached hydrogens (primary N) is 1. The molecule has 2 N–H and O–H groups in total. The molecule has 0 aliphatic rings. The predicted molar refractivity (Wildman–Crippen MR) is 47.8 cm³/mol. The molecule has 0 spiro atoms. The molecular weight excluding hydrogens is 176 g/mol. The molecule has 0 fully saturated rings. The number of rotatable bonds is 4. The van der Waals surface area contributed by atoms with Crippen LogP contribution in [0.3, 0.4) is 0 Å². The van der Waals surface area contributed by atoms with Crippen LogP contribution in [0.5, 0.6) is 0 Å². The zero-order valence-electron chi connectivity index (χ0n) is 7.15. The average molecular weight is 188 g/mol. The van der Waals surface area contributed by atoms with Crippen LogP contribution in [0.1, 0.15) is 6.92 Å². The Labute approximate surface area is 75.3 Å². The third kappa shape index (κ3) is 2.12. The summed E-state index contributed by atoms with van der Waals surface area (Å²) < 4.78 is 6.87. The standard InChI is InChI=1S/C6H12N4OS/c1-3-11-4-12-6-9-8-5(7)10(6)2/h3-4H2,1-2H3,(H2,7,8). The number of anilines is 1. The number of hydrogen-bond acceptors (Lipinski definition) is 5. The zero-order chi connectivity index (χ0) is 8.97. The van der Waals surface area contributed by atoms with Gasteiger partial charge in [0.05, 0.1) is 5.94 Å². The summed E-state index contributed by atoms with van der Waals surface area (Å²) in [6, 6.07) is 0. The van der Waals surface area contributed by atoms with Gasteiger partial charge in [-0.15, -0.1) is 10.2 Å². The highest BCUT2D eigenvalue weighted by atomic mass is 32.2. The lowest BCUT2D eigenvalue weighted by molar-refractivity contribution is 0.199. The second kappa shape index (κ2) is 4.32. The molecule has 6 heteroatoms. The van der Waals surface area contributed by atoms with Crippen molar-refractivity contribution in [2.24, 2.45) is 7.05 Å². The van der Waals surface area contributed by atoms with Gasteiger partial charge in [-0.05, 0) is 6.92 Å². The summed E-state index contributed by atoms with van der Waals surface area (Å²) in [7, 11) is 1.82. The molecule has 0 saturated carbocycles. The Morgan fingerprint density at radius 3 is 2.83 bits per heavy atom. The first-order valence-electron chi connectivity index (χ1n) is 3.61. The lowest BCUT2D eigenvalue weighted by atomic mass is 10.9. The van der Waals surface area contributed by atoms with Crippen LogP contribution >= 0.6 is 11.8 Å². The number of nitrogens with zero attached hydrogens (tertiary/aromatic N) is 3. The van der Waals surface area contributed by atoms with E-state index in [0.717, 1.165) is 5.16 Å². The fourth-order valence-corrected chi connectivity index (χ4v) is 1.37. The van der Waals surface area contributed by atoms with E-state index in [1.165, 1.54) is 11.8 Å². The summed E-state index contributed by atoms with van der Waals surface area (Å²) in [5.74, 6) is 1.01. The van der Waals surface area contributed by atoms with Gasteiger partial charge in [-0.1, -0.05) is 11.8 Å². The number of thioether (sulfide) groups is 1. The maximum absolute atomic E-state index is 5.48. The van der Waals surface area contributed by atoms with Crippen molar-refractivity contribution in [1.29, 1.82) is 0 Å². The monoisotopic (exact) mass is 188 g/mol. The minimum absolute atomic E-state index is 0.425. The quantitative estimate of drug-likeness (QED) is 0.423. The van der Waals surface area contributed by atoms with Gasteiger partial charge in [0.15, 0.2) is 5.16 Å². The Hall–Kier alpha value is -0.750. The van der Waals surface area contributed by atoms with Crippen LogP contribution in [-0.4, -0.2) is 27.3 Å². The van der Waals surface area contributed by atoms with Crippen molar-refractivity contribution >= 4 is 17.7 Å². The molecule has 1 aromatic heterocycles. The largest absolute Gasteiger partial charge is 0.371 e. The number of ether oxygens (including phenoxy) is 1. The third-order valence-corrected chi connectivity index (χ3v) is 2.24. The van der Waals surface area contributed by atoms with E-state index >= 15 is 0 Å². The van der Waals surface area contributed by atoms with Gasteiger partial charge in [-0.2, -0.15) is 0 Å². The van der Waals surface area contributed by atoms with E-state index in [9.17, 15) is 0 Å². The minimum Gasteiger partial charge on any atom is -0.371 e. The van der Waals surface area contributed by atoms with Gasteiger partial charge < -0.3 is 10.5 Å². The molecule has 0 aromatic carbocycles. The molecule has 0 saturated heterocycles. The SMILES string of the molecule is CCOCSc1nnc(N)n1C. The second-order valence-electron chi connectivity index (χ2n) is 2.15. The second-order valence-corrected chi connectivity index (χ2v) is 3.04. The lowest BCUT2D eigenvalue weighted by Gasteiger charge is -2.00. The van der Waals surface area contributed by atoms with Crippen molar-refractivity contribution in [2.45, 2.75) is 12.1 Å². The van der Waals surface area contributed by atoms with E-state index in [2.05, 4.69) is 10.2 Å². The number of nitrogen functional groups attached to an aromatic ring is 1. The molecule has 0 radical (unpaired) electrons. The van der Waals surface area contributed by atoms with Crippen LogP contribution in [0.25, 0.3) is 0 Å². The molecule has 0 unspecified atom stereocenters. The van der Waals surface area contributed by atoms with E-state index in [4.69, 9.17) is 10.5 Å². The maximum Gasteiger partial charge on any atom is 0.222 e. The summed E-state index contributed by atoms with van der Waals surface area (Å²) in [5, 5.41) is 8.35. The average Bonchev–Trinajstić information content (AvgIpc) is 2.36. The molecular formula is C6H12N4OS. The third-order valence-electron chi connectivity index (χ3n) is 1.34. The van der Waals surface area contributed by atoms with Crippen LogP contribution < -0.4 is 5.73 Å². The topological polar surface area (TPSA) is 66.0 Å². The zero-order valence-corrected chi connectivity index (χ0v) is 7.97. The molecule has 68 valence electrons. The highest BCUT2D eigenvalue weighted by Gasteiger charge is 2.04. The Bertz CT molecular complexity index is 250. The Morgan fingerprint density at radius 1 is 1.58 bits per heavy atom. The Morgan fingerprint density at radius 2 is 2.33 bits per heavy atom. The van der Waals surface area contributed by atoms with E-state index in [1.807, 2.05) is 14.0 Å². The van der Waals surface area contributed by atoms with Gasteiger partial charge in [-0.25, -0.2) is 0 Å². The van der Waals surface area contributed by atoms with Crippen LogP contribution in [0.2, 0.25) is 0 Å². The molecule has 5 nitrogen and oxygen atoms in total. The minimum atomic E-state index is 0.425. The molecule has 1 aromatic rings. The van der Waals surface area contributed by atoms with Crippen molar-refractivity contribution in [1.82, 2.24) is 14.8 Å². The fourth-order valence-electron chi connectivity index (χ4n) is 0.630. The fraction of sp³-hybridized carbons (Fsp3) is 0.667.